The predicted octanol–water partition coefficient (Wildman–Crippen LogP) is 4.03. The predicted molar refractivity (Wildman–Crippen MR) is 132 cm³/mol. The van der Waals surface area contributed by atoms with Crippen LogP contribution in [0, 0.1) is 12.8 Å². The van der Waals surface area contributed by atoms with Crippen molar-refractivity contribution >= 4 is 17.5 Å². The van der Waals surface area contributed by atoms with Crippen molar-refractivity contribution in [1.29, 1.82) is 0 Å². The second kappa shape index (κ2) is 10.5. The van der Waals surface area contributed by atoms with Gasteiger partial charge in [0.25, 0.3) is 5.91 Å². The van der Waals surface area contributed by atoms with E-state index in [9.17, 15) is 14.7 Å². The molecule has 1 atom stereocenters. The standard InChI is InChI=1S/C27H33N3O5/c1-18-23(25(32)29-27(2,17-31)21-12-7-11-20(15-21)26(33)34-3)30-14-8-13-22(24(30)28-18)35-16-19-9-5-4-6-10-19/h7-8,11-15,19,31H,4-6,9-10,16-17H2,1-3H3,(H,29,32)/t27-/m0/s1. The summed E-state index contributed by atoms with van der Waals surface area (Å²) in [6, 6.07) is 10.4. The van der Waals surface area contributed by atoms with Crippen molar-refractivity contribution in [2.75, 3.05) is 20.3 Å². The molecule has 0 aliphatic heterocycles. The molecule has 0 saturated heterocycles. The van der Waals surface area contributed by atoms with E-state index in [2.05, 4.69) is 10.3 Å². The van der Waals surface area contributed by atoms with Crippen molar-refractivity contribution in [1.82, 2.24) is 14.7 Å². The molecule has 0 radical (unpaired) electrons. The van der Waals surface area contributed by atoms with Gasteiger partial charge < -0.3 is 19.9 Å². The monoisotopic (exact) mass is 479 g/mol. The number of rotatable bonds is 8. The van der Waals surface area contributed by atoms with Crippen LogP contribution in [0.5, 0.6) is 5.75 Å². The Hall–Kier alpha value is -3.39. The highest BCUT2D eigenvalue weighted by Crippen LogP contribution is 2.28. The van der Waals surface area contributed by atoms with Crippen LogP contribution in [0.1, 0.15) is 71.1 Å². The molecule has 1 fully saturated rings. The van der Waals surface area contributed by atoms with E-state index in [0.29, 0.717) is 46.4 Å². The number of carbonyl (C=O) groups is 2. The topological polar surface area (TPSA) is 102 Å². The quantitative estimate of drug-likeness (QED) is 0.473. The van der Waals surface area contributed by atoms with E-state index >= 15 is 0 Å². The summed E-state index contributed by atoms with van der Waals surface area (Å²) < 4.78 is 12.7. The molecule has 0 unspecified atom stereocenters. The number of aryl methyl sites for hydroxylation is 1. The molecule has 8 nitrogen and oxygen atoms in total. The number of pyridine rings is 1. The lowest BCUT2D eigenvalue weighted by Gasteiger charge is -2.29. The van der Waals surface area contributed by atoms with E-state index in [4.69, 9.17) is 9.47 Å². The molecule has 35 heavy (non-hydrogen) atoms. The highest BCUT2D eigenvalue weighted by molar-refractivity contribution is 5.95. The van der Waals surface area contributed by atoms with E-state index in [0.717, 1.165) is 0 Å². The van der Waals surface area contributed by atoms with Crippen molar-refractivity contribution in [3.63, 3.8) is 0 Å². The van der Waals surface area contributed by atoms with E-state index in [1.54, 1.807) is 48.7 Å². The molecule has 0 bridgehead atoms. The number of aromatic nitrogens is 2. The molecule has 8 heteroatoms. The minimum atomic E-state index is -1.13. The van der Waals surface area contributed by atoms with Gasteiger partial charge in [0.05, 0.1) is 37.1 Å². The van der Waals surface area contributed by atoms with Gasteiger partial charge in [0.2, 0.25) is 0 Å². The number of hydrogen-bond acceptors (Lipinski definition) is 6. The Morgan fingerprint density at radius 2 is 1.97 bits per heavy atom. The van der Waals surface area contributed by atoms with Crippen LogP contribution < -0.4 is 10.1 Å². The SMILES string of the molecule is COC(=O)c1cccc([C@](C)(CO)NC(=O)c2c(C)nc3c(OCC4CCCCC4)cccn23)c1. The third-order valence-electron chi connectivity index (χ3n) is 6.83. The van der Waals surface area contributed by atoms with Gasteiger partial charge in [-0.1, -0.05) is 31.4 Å². The summed E-state index contributed by atoms with van der Waals surface area (Å²) in [5, 5.41) is 13.2. The lowest BCUT2D eigenvalue weighted by Crippen LogP contribution is -2.47. The average molecular weight is 480 g/mol. The van der Waals surface area contributed by atoms with Crippen molar-refractivity contribution in [2.45, 2.75) is 51.5 Å². The van der Waals surface area contributed by atoms with Gasteiger partial charge in [0.15, 0.2) is 11.4 Å². The number of hydrogen-bond donors (Lipinski definition) is 2. The van der Waals surface area contributed by atoms with Gasteiger partial charge in [-0.3, -0.25) is 9.20 Å². The minimum Gasteiger partial charge on any atom is -0.489 e. The van der Waals surface area contributed by atoms with Crippen LogP contribution in [0.25, 0.3) is 5.65 Å². The van der Waals surface area contributed by atoms with Gasteiger partial charge in [-0.2, -0.15) is 0 Å². The third-order valence-corrected chi connectivity index (χ3v) is 6.83. The molecule has 2 aromatic heterocycles. The number of nitrogens with zero attached hydrogens (tertiary/aromatic N) is 2. The van der Waals surface area contributed by atoms with Crippen LogP contribution in [-0.2, 0) is 10.3 Å². The number of carbonyl (C=O) groups excluding carboxylic acids is 2. The number of fused-ring (bicyclic) bond motifs is 1. The third kappa shape index (κ3) is 5.17. The number of nitrogens with one attached hydrogen (secondary N) is 1. The largest absolute Gasteiger partial charge is 0.489 e. The summed E-state index contributed by atoms with van der Waals surface area (Å²) in [5.74, 6) is 0.320. The molecular weight excluding hydrogens is 446 g/mol. The van der Waals surface area contributed by atoms with Crippen molar-refractivity contribution in [3.8, 4) is 5.75 Å². The summed E-state index contributed by atoms with van der Waals surface area (Å²) in [6.45, 7) is 3.76. The number of amides is 1. The van der Waals surface area contributed by atoms with E-state index in [1.807, 2.05) is 12.1 Å². The molecule has 3 aromatic rings. The zero-order valence-electron chi connectivity index (χ0n) is 20.5. The van der Waals surface area contributed by atoms with E-state index < -0.39 is 11.5 Å². The molecule has 1 saturated carbocycles. The summed E-state index contributed by atoms with van der Waals surface area (Å²) in [4.78, 5) is 30.1. The van der Waals surface area contributed by atoms with Gasteiger partial charge in [-0.05, 0) is 62.4 Å². The van der Waals surface area contributed by atoms with E-state index in [-0.39, 0.29) is 12.5 Å². The molecule has 1 aliphatic carbocycles. The maximum Gasteiger partial charge on any atom is 0.337 e. The van der Waals surface area contributed by atoms with Crippen molar-refractivity contribution in [3.05, 3.63) is 65.1 Å². The van der Waals surface area contributed by atoms with Gasteiger partial charge in [0, 0.05) is 6.20 Å². The Bertz CT molecular complexity index is 1210. The normalized spacial score (nSPS) is 16.0. The lowest BCUT2D eigenvalue weighted by molar-refractivity contribution is 0.0600. The Morgan fingerprint density at radius 3 is 2.69 bits per heavy atom. The first-order valence-electron chi connectivity index (χ1n) is 12.1. The van der Waals surface area contributed by atoms with Crippen molar-refractivity contribution in [2.24, 2.45) is 5.92 Å². The Kier molecular flexibility index (Phi) is 7.40. The fourth-order valence-electron chi connectivity index (χ4n) is 4.72. The molecule has 186 valence electrons. The second-order valence-corrected chi connectivity index (χ2v) is 9.44. The molecule has 1 amide bonds. The summed E-state index contributed by atoms with van der Waals surface area (Å²) in [6.07, 6.45) is 7.94. The molecule has 1 aliphatic rings. The van der Waals surface area contributed by atoms with E-state index in [1.165, 1.54) is 39.2 Å². The van der Waals surface area contributed by atoms with Gasteiger partial charge >= 0.3 is 5.97 Å². The van der Waals surface area contributed by atoms with Crippen LogP contribution in [0.2, 0.25) is 0 Å². The van der Waals surface area contributed by atoms with Crippen molar-refractivity contribution < 1.29 is 24.2 Å². The number of ether oxygens (including phenoxy) is 2. The summed E-state index contributed by atoms with van der Waals surface area (Å²) >= 11 is 0. The highest BCUT2D eigenvalue weighted by atomic mass is 16.5. The molecular formula is C27H33N3O5. The fraction of sp³-hybridized carbons (Fsp3) is 0.444. The number of esters is 1. The molecule has 1 aromatic carbocycles. The molecule has 4 rings (SSSR count). The maximum atomic E-state index is 13.5. The van der Waals surface area contributed by atoms with Crippen LogP contribution in [0.4, 0.5) is 0 Å². The zero-order chi connectivity index (χ0) is 25.0. The number of methoxy groups -OCH3 is 1. The van der Waals surface area contributed by atoms with Crippen LogP contribution in [-0.4, -0.2) is 46.7 Å². The number of aliphatic hydroxyl groups is 1. The van der Waals surface area contributed by atoms with Crippen LogP contribution in [0.15, 0.2) is 42.6 Å². The first kappa shape index (κ1) is 24.7. The smallest absolute Gasteiger partial charge is 0.337 e. The summed E-state index contributed by atoms with van der Waals surface area (Å²) in [7, 11) is 1.31. The average Bonchev–Trinajstić information content (AvgIpc) is 3.24. The molecule has 2 heterocycles. The number of benzene rings is 1. The highest BCUT2D eigenvalue weighted by Gasteiger charge is 2.31. The molecule has 2 N–H and O–H groups in total. The lowest BCUT2D eigenvalue weighted by atomic mass is 9.90. The first-order chi connectivity index (χ1) is 16.9. The zero-order valence-corrected chi connectivity index (χ0v) is 20.5. The van der Waals surface area contributed by atoms with Gasteiger partial charge in [0.1, 0.15) is 5.69 Å². The fourth-order valence-corrected chi connectivity index (χ4v) is 4.72. The maximum absolute atomic E-state index is 13.5. The van der Waals surface area contributed by atoms with Gasteiger partial charge in [-0.25, -0.2) is 9.78 Å². The second-order valence-electron chi connectivity index (χ2n) is 9.44. The Balaban J connectivity index is 1.59. The summed E-state index contributed by atoms with van der Waals surface area (Å²) in [5.41, 5.74) is 1.30. The van der Waals surface area contributed by atoms with Crippen LogP contribution >= 0.6 is 0 Å². The Labute approximate surface area is 205 Å². The Morgan fingerprint density at radius 1 is 1.20 bits per heavy atom. The number of imidazole rings is 1. The first-order valence-corrected chi connectivity index (χ1v) is 12.1. The minimum absolute atomic E-state index is 0.338. The van der Waals surface area contributed by atoms with Gasteiger partial charge in [-0.15, -0.1) is 0 Å². The van der Waals surface area contributed by atoms with Crippen LogP contribution in [0.3, 0.4) is 0 Å². The number of aliphatic hydroxyl groups excluding tert-OH is 1. The molecule has 0 spiro atoms.